The van der Waals surface area contributed by atoms with Crippen LogP contribution in [0.5, 0.6) is 5.88 Å². The maximum absolute atomic E-state index is 5.76. The van der Waals surface area contributed by atoms with Crippen molar-refractivity contribution in [1.29, 1.82) is 0 Å². The van der Waals surface area contributed by atoms with Gasteiger partial charge in [-0.2, -0.15) is 4.98 Å². The third-order valence-corrected chi connectivity index (χ3v) is 1.89. The van der Waals surface area contributed by atoms with E-state index in [4.69, 9.17) is 10.5 Å². The highest BCUT2D eigenvalue weighted by molar-refractivity contribution is 5.53. The number of nitrogen functional groups attached to an aromatic ring is 1. The lowest BCUT2D eigenvalue weighted by atomic mass is 10.3. The van der Waals surface area contributed by atoms with Gasteiger partial charge in [0.25, 0.3) is 0 Å². The monoisotopic (exact) mass is 221 g/mol. The first-order valence-electron chi connectivity index (χ1n) is 5.41. The Morgan fingerprint density at radius 1 is 1.56 bits per heavy atom. The molecule has 0 spiro atoms. The van der Waals surface area contributed by atoms with E-state index in [1.54, 1.807) is 6.07 Å². The summed E-state index contributed by atoms with van der Waals surface area (Å²) in [4.78, 5) is 4.29. The summed E-state index contributed by atoms with van der Waals surface area (Å²) in [6, 6.07) is 3.63. The molecule has 0 amide bonds. The number of aromatic nitrogens is 1. The number of nitrogens with zero attached hydrogens (tertiary/aromatic N) is 1. The van der Waals surface area contributed by atoms with Gasteiger partial charge < -0.3 is 15.8 Å². The molecule has 0 aromatic carbocycles. The molecule has 1 rings (SSSR count). The van der Waals surface area contributed by atoms with Crippen LogP contribution in [0.15, 0.2) is 24.8 Å². The van der Waals surface area contributed by atoms with E-state index in [1.165, 1.54) is 0 Å². The van der Waals surface area contributed by atoms with Gasteiger partial charge in [0, 0.05) is 6.54 Å². The first-order valence-corrected chi connectivity index (χ1v) is 5.41. The molecule has 1 aromatic heterocycles. The first-order chi connectivity index (χ1) is 7.63. The van der Waals surface area contributed by atoms with E-state index in [9.17, 15) is 0 Å². The van der Waals surface area contributed by atoms with Gasteiger partial charge in [-0.15, -0.1) is 6.58 Å². The molecule has 0 aliphatic rings. The minimum Gasteiger partial charge on any atom is -0.473 e. The molecule has 88 valence electrons. The Kier molecular flexibility index (Phi) is 4.64. The molecule has 4 nitrogen and oxygen atoms in total. The van der Waals surface area contributed by atoms with Crippen molar-refractivity contribution in [1.82, 2.24) is 4.98 Å². The second kappa shape index (κ2) is 6.00. The van der Waals surface area contributed by atoms with E-state index < -0.39 is 0 Å². The molecule has 0 bridgehead atoms. The van der Waals surface area contributed by atoms with Crippen molar-refractivity contribution in [3.8, 4) is 5.88 Å². The van der Waals surface area contributed by atoms with Gasteiger partial charge in [0.15, 0.2) is 0 Å². The maximum Gasteiger partial charge on any atom is 0.239 e. The van der Waals surface area contributed by atoms with Crippen molar-refractivity contribution in [2.24, 2.45) is 0 Å². The Bertz CT molecular complexity index is 350. The van der Waals surface area contributed by atoms with Crippen molar-refractivity contribution in [2.45, 2.75) is 26.4 Å². The van der Waals surface area contributed by atoms with Crippen LogP contribution in [0.3, 0.4) is 0 Å². The first kappa shape index (κ1) is 12.4. The number of ether oxygens (including phenoxy) is 1. The predicted octanol–water partition coefficient (Wildman–Crippen LogP) is 2.44. The van der Waals surface area contributed by atoms with Gasteiger partial charge in [0.1, 0.15) is 5.82 Å². The molecule has 0 radical (unpaired) electrons. The zero-order valence-electron chi connectivity index (χ0n) is 9.86. The van der Waals surface area contributed by atoms with Gasteiger partial charge in [-0.3, -0.25) is 0 Å². The van der Waals surface area contributed by atoms with E-state index in [1.807, 2.05) is 26.0 Å². The molecule has 0 saturated carbocycles. The summed E-state index contributed by atoms with van der Waals surface area (Å²) in [5.41, 5.74) is 6.32. The summed E-state index contributed by atoms with van der Waals surface area (Å²) < 4.78 is 5.50. The van der Waals surface area contributed by atoms with E-state index in [-0.39, 0.29) is 6.10 Å². The molecule has 0 aliphatic heterocycles. The minimum absolute atomic E-state index is 0.0678. The zero-order valence-corrected chi connectivity index (χ0v) is 9.86. The lowest BCUT2D eigenvalue weighted by Crippen LogP contribution is -2.10. The van der Waals surface area contributed by atoms with Gasteiger partial charge >= 0.3 is 0 Å². The van der Waals surface area contributed by atoms with Crippen LogP contribution in [0.4, 0.5) is 11.5 Å². The number of hydrogen-bond acceptors (Lipinski definition) is 4. The molecule has 0 aliphatic carbocycles. The fourth-order valence-corrected chi connectivity index (χ4v) is 1.17. The lowest BCUT2D eigenvalue weighted by Gasteiger charge is -2.12. The Labute approximate surface area is 96.5 Å². The number of rotatable bonds is 6. The van der Waals surface area contributed by atoms with Gasteiger partial charge in [0.05, 0.1) is 11.8 Å². The molecular weight excluding hydrogens is 202 g/mol. The maximum atomic E-state index is 5.76. The quantitative estimate of drug-likeness (QED) is 0.572. The van der Waals surface area contributed by atoms with Crippen molar-refractivity contribution in [3.05, 3.63) is 24.8 Å². The number of pyridine rings is 1. The van der Waals surface area contributed by atoms with Gasteiger partial charge in [-0.05, 0) is 32.4 Å². The molecular formula is C12H19N3O. The fourth-order valence-electron chi connectivity index (χ4n) is 1.17. The minimum atomic E-state index is 0.0678. The number of hydrogen-bond donors (Lipinski definition) is 2. The Balaban J connectivity index is 2.68. The molecule has 0 unspecified atom stereocenters. The average molecular weight is 221 g/mol. The van der Waals surface area contributed by atoms with Crippen molar-refractivity contribution < 1.29 is 4.74 Å². The van der Waals surface area contributed by atoms with E-state index in [0.29, 0.717) is 11.6 Å². The second-order valence-corrected chi connectivity index (χ2v) is 3.76. The molecule has 4 heteroatoms. The van der Waals surface area contributed by atoms with Crippen LogP contribution in [0, 0.1) is 0 Å². The molecule has 1 aromatic rings. The standard InChI is InChI=1S/C12H19N3O/c1-4-5-8-14-11-7-6-10(13)12(15-11)16-9(2)3/h4,6-7,9H,1,5,8,13H2,2-3H3,(H,14,15). The van der Waals surface area contributed by atoms with Crippen molar-refractivity contribution >= 4 is 11.5 Å². The van der Waals surface area contributed by atoms with Crippen molar-refractivity contribution in [2.75, 3.05) is 17.6 Å². The van der Waals surface area contributed by atoms with E-state index in [2.05, 4.69) is 16.9 Å². The second-order valence-electron chi connectivity index (χ2n) is 3.76. The number of anilines is 2. The summed E-state index contributed by atoms with van der Waals surface area (Å²) in [6.45, 7) is 8.35. The molecule has 3 N–H and O–H groups in total. The van der Waals surface area contributed by atoms with E-state index in [0.717, 1.165) is 18.8 Å². The van der Waals surface area contributed by atoms with Crippen LogP contribution >= 0.6 is 0 Å². The highest BCUT2D eigenvalue weighted by atomic mass is 16.5. The van der Waals surface area contributed by atoms with Gasteiger partial charge in [0.2, 0.25) is 5.88 Å². The van der Waals surface area contributed by atoms with Crippen LogP contribution in [0.25, 0.3) is 0 Å². The Morgan fingerprint density at radius 2 is 2.31 bits per heavy atom. The fraction of sp³-hybridized carbons (Fsp3) is 0.417. The number of nitrogens with one attached hydrogen (secondary N) is 1. The highest BCUT2D eigenvalue weighted by Gasteiger charge is 2.05. The largest absolute Gasteiger partial charge is 0.473 e. The number of nitrogens with two attached hydrogens (primary N) is 1. The average Bonchev–Trinajstić information content (AvgIpc) is 2.22. The van der Waals surface area contributed by atoms with Crippen LogP contribution < -0.4 is 15.8 Å². The third-order valence-electron chi connectivity index (χ3n) is 1.89. The molecule has 16 heavy (non-hydrogen) atoms. The molecule has 0 saturated heterocycles. The predicted molar refractivity (Wildman–Crippen MR) is 67.7 cm³/mol. The Hall–Kier alpha value is -1.71. The lowest BCUT2D eigenvalue weighted by molar-refractivity contribution is 0.234. The summed E-state index contributed by atoms with van der Waals surface area (Å²) in [7, 11) is 0. The topological polar surface area (TPSA) is 60.2 Å². The summed E-state index contributed by atoms with van der Waals surface area (Å²) in [5.74, 6) is 1.25. The third kappa shape index (κ3) is 3.81. The molecule has 0 fully saturated rings. The smallest absolute Gasteiger partial charge is 0.239 e. The van der Waals surface area contributed by atoms with Crippen LogP contribution in [-0.4, -0.2) is 17.6 Å². The van der Waals surface area contributed by atoms with Crippen LogP contribution in [-0.2, 0) is 0 Å². The van der Waals surface area contributed by atoms with Crippen LogP contribution in [0.2, 0.25) is 0 Å². The van der Waals surface area contributed by atoms with E-state index >= 15 is 0 Å². The van der Waals surface area contributed by atoms with Crippen molar-refractivity contribution in [3.63, 3.8) is 0 Å². The highest BCUT2D eigenvalue weighted by Crippen LogP contribution is 2.21. The molecule has 1 heterocycles. The van der Waals surface area contributed by atoms with Gasteiger partial charge in [-0.1, -0.05) is 6.08 Å². The summed E-state index contributed by atoms with van der Waals surface area (Å²) in [5, 5.41) is 3.17. The molecule has 0 atom stereocenters. The Morgan fingerprint density at radius 3 is 2.94 bits per heavy atom. The summed E-state index contributed by atoms with van der Waals surface area (Å²) in [6.07, 6.45) is 2.82. The van der Waals surface area contributed by atoms with Gasteiger partial charge in [-0.25, -0.2) is 0 Å². The normalized spacial score (nSPS) is 10.2. The van der Waals surface area contributed by atoms with Crippen LogP contribution in [0.1, 0.15) is 20.3 Å². The SMILES string of the molecule is C=CCCNc1ccc(N)c(OC(C)C)n1. The zero-order chi connectivity index (χ0) is 12.0. The summed E-state index contributed by atoms with van der Waals surface area (Å²) >= 11 is 0.